The number of amides is 1. The third-order valence-electron chi connectivity index (χ3n) is 3.41. The summed E-state index contributed by atoms with van der Waals surface area (Å²) in [6.45, 7) is 2.89. The van der Waals surface area contributed by atoms with E-state index in [1.165, 1.54) is 18.9 Å². The molecule has 1 N–H and O–H groups in total. The first kappa shape index (κ1) is 18.1. The van der Waals surface area contributed by atoms with Gasteiger partial charge in [-0.25, -0.2) is 0 Å². The van der Waals surface area contributed by atoms with Crippen LogP contribution in [0.4, 0.5) is 5.69 Å². The topological polar surface area (TPSA) is 38.3 Å². The van der Waals surface area contributed by atoms with Gasteiger partial charge in [0.25, 0.3) is 0 Å². The number of hydrogen-bond donors (Lipinski definition) is 1. The van der Waals surface area contributed by atoms with Crippen LogP contribution in [-0.4, -0.2) is 12.5 Å². The molecule has 0 spiro atoms. The predicted molar refractivity (Wildman–Crippen MR) is 101 cm³/mol. The van der Waals surface area contributed by atoms with Crippen LogP contribution in [0.3, 0.4) is 0 Å². The van der Waals surface area contributed by atoms with Gasteiger partial charge >= 0.3 is 0 Å². The Bertz CT molecular complexity index is 680. The van der Waals surface area contributed by atoms with E-state index in [9.17, 15) is 4.79 Å². The van der Waals surface area contributed by atoms with E-state index >= 15 is 0 Å². The smallest absolute Gasteiger partial charge is 0.248 e. The number of nitrogens with one attached hydrogen (secondary N) is 1. The van der Waals surface area contributed by atoms with Crippen molar-refractivity contribution in [1.29, 1.82) is 0 Å². The molecule has 0 fully saturated rings. The summed E-state index contributed by atoms with van der Waals surface area (Å²) < 4.78 is 5.65. The van der Waals surface area contributed by atoms with Gasteiger partial charge < -0.3 is 10.1 Å². The number of carbonyl (C=O) groups is 1. The number of unbranched alkanes of at least 4 members (excludes halogenated alkanes) is 2. The van der Waals surface area contributed by atoms with Gasteiger partial charge in [0.2, 0.25) is 5.91 Å². The van der Waals surface area contributed by atoms with Gasteiger partial charge in [-0.15, -0.1) is 0 Å². The predicted octanol–water partition coefficient (Wildman–Crippen LogP) is 5.56. The van der Waals surface area contributed by atoms with E-state index in [4.69, 9.17) is 16.3 Å². The molecule has 2 aromatic rings. The highest BCUT2D eigenvalue weighted by molar-refractivity contribution is 6.30. The molecule has 0 aliphatic heterocycles. The quantitative estimate of drug-likeness (QED) is 0.503. The Balaban J connectivity index is 1.83. The molecule has 2 rings (SSSR count). The summed E-state index contributed by atoms with van der Waals surface area (Å²) in [7, 11) is 0. The van der Waals surface area contributed by atoms with E-state index in [-0.39, 0.29) is 5.91 Å². The summed E-state index contributed by atoms with van der Waals surface area (Å²) in [5.74, 6) is 0.630. The Hall–Kier alpha value is -2.26. The second kappa shape index (κ2) is 9.78. The van der Waals surface area contributed by atoms with E-state index < -0.39 is 0 Å². The molecule has 4 heteroatoms. The minimum Gasteiger partial charge on any atom is -0.494 e. The van der Waals surface area contributed by atoms with Gasteiger partial charge in [0.15, 0.2) is 0 Å². The second-order valence-electron chi connectivity index (χ2n) is 5.46. The third-order valence-corrected chi connectivity index (χ3v) is 3.65. The molecule has 24 heavy (non-hydrogen) atoms. The number of carbonyl (C=O) groups excluding carboxylic acids is 1. The first-order chi connectivity index (χ1) is 11.7. The molecule has 0 aliphatic carbocycles. The van der Waals surface area contributed by atoms with Crippen molar-refractivity contribution >= 4 is 29.3 Å². The fraction of sp³-hybridized carbons (Fsp3) is 0.250. The van der Waals surface area contributed by atoms with Crippen molar-refractivity contribution in [2.75, 3.05) is 11.9 Å². The van der Waals surface area contributed by atoms with E-state index in [0.717, 1.165) is 30.0 Å². The van der Waals surface area contributed by atoms with E-state index in [1.807, 2.05) is 36.4 Å². The van der Waals surface area contributed by atoms with Crippen LogP contribution >= 0.6 is 11.6 Å². The molecule has 0 aliphatic rings. The number of halogens is 1. The molecule has 0 radical (unpaired) electrons. The Kier molecular flexibility index (Phi) is 7.37. The number of benzene rings is 2. The maximum atomic E-state index is 11.9. The van der Waals surface area contributed by atoms with Gasteiger partial charge in [-0.05, 0) is 54.5 Å². The lowest BCUT2D eigenvalue weighted by atomic mass is 10.2. The summed E-state index contributed by atoms with van der Waals surface area (Å²) in [6.07, 6.45) is 6.63. The van der Waals surface area contributed by atoms with E-state index in [0.29, 0.717) is 5.02 Å². The zero-order chi connectivity index (χ0) is 17.2. The van der Waals surface area contributed by atoms with Crippen molar-refractivity contribution in [3.8, 4) is 5.75 Å². The molecule has 0 bridgehead atoms. The highest BCUT2D eigenvalue weighted by Gasteiger charge is 1.99. The maximum Gasteiger partial charge on any atom is 0.248 e. The minimum atomic E-state index is -0.188. The Morgan fingerprint density at radius 2 is 1.96 bits per heavy atom. The lowest BCUT2D eigenvalue weighted by Crippen LogP contribution is -2.07. The van der Waals surface area contributed by atoms with Gasteiger partial charge in [-0.2, -0.15) is 0 Å². The third kappa shape index (κ3) is 6.47. The molecule has 0 atom stereocenters. The van der Waals surface area contributed by atoms with Crippen LogP contribution in [0.5, 0.6) is 5.75 Å². The molecule has 0 aromatic heterocycles. The zero-order valence-corrected chi connectivity index (χ0v) is 14.6. The zero-order valence-electron chi connectivity index (χ0n) is 13.8. The standard InChI is InChI=1S/C20H22ClNO2/c1-2-3-4-14-24-19-11-9-18(10-12-19)22-20(23)13-8-16-6-5-7-17(21)15-16/h5-13,15H,2-4,14H2,1H3,(H,22,23). The summed E-state index contributed by atoms with van der Waals surface area (Å²) in [5.41, 5.74) is 1.62. The van der Waals surface area contributed by atoms with Crippen molar-refractivity contribution in [3.05, 3.63) is 65.2 Å². The summed E-state index contributed by atoms with van der Waals surface area (Å²) in [5, 5.41) is 3.46. The molecule has 3 nitrogen and oxygen atoms in total. The summed E-state index contributed by atoms with van der Waals surface area (Å²) >= 11 is 5.91. The number of rotatable bonds is 8. The second-order valence-corrected chi connectivity index (χ2v) is 5.89. The normalized spacial score (nSPS) is 10.8. The first-order valence-corrected chi connectivity index (χ1v) is 8.52. The van der Waals surface area contributed by atoms with Gasteiger partial charge in [0.05, 0.1) is 6.61 Å². The molecular formula is C20H22ClNO2. The van der Waals surface area contributed by atoms with Crippen LogP contribution in [0, 0.1) is 0 Å². The van der Waals surface area contributed by atoms with Gasteiger partial charge in [-0.1, -0.05) is 43.5 Å². The van der Waals surface area contributed by atoms with Crippen molar-refractivity contribution < 1.29 is 9.53 Å². The fourth-order valence-corrected chi connectivity index (χ4v) is 2.34. The summed E-state index contributed by atoms with van der Waals surface area (Å²) in [4.78, 5) is 11.9. The van der Waals surface area contributed by atoms with Crippen LogP contribution < -0.4 is 10.1 Å². The number of ether oxygens (including phenoxy) is 1. The average Bonchev–Trinajstić information content (AvgIpc) is 2.58. The number of hydrogen-bond acceptors (Lipinski definition) is 2. The van der Waals surface area contributed by atoms with Crippen LogP contribution in [0.25, 0.3) is 6.08 Å². The molecule has 0 saturated carbocycles. The molecule has 126 valence electrons. The molecule has 0 unspecified atom stereocenters. The van der Waals surface area contributed by atoms with Crippen LogP contribution in [-0.2, 0) is 4.79 Å². The van der Waals surface area contributed by atoms with Gasteiger partial charge in [0.1, 0.15) is 5.75 Å². The highest BCUT2D eigenvalue weighted by atomic mass is 35.5. The van der Waals surface area contributed by atoms with Gasteiger partial charge in [-0.3, -0.25) is 4.79 Å². The first-order valence-electron chi connectivity index (χ1n) is 8.15. The van der Waals surface area contributed by atoms with Crippen molar-refractivity contribution in [3.63, 3.8) is 0 Å². The van der Waals surface area contributed by atoms with Crippen molar-refractivity contribution in [2.45, 2.75) is 26.2 Å². The van der Waals surface area contributed by atoms with E-state index in [1.54, 1.807) is 18.2 Å². The maximum absolute atomic E-state index is 11.9. The Morgan fingerprint density at radius 3 is 2.67 bits per heavy atom. The Labute approximate surface area is 148 Å². The fourth-order valence-electron chi connectivity index (χ4n) is 2.14. The highest BCUT2D eigenvalue weighted by Crippen LogP contribution is 2.16. The van der Waals surface area contributed by atoms with Crippen LogP contribution in [0.1, 0.15) is 31.7 Å². The van der Waals surface area contributed by atoms with E-state index in [2.05, 4.69) is 12.2 Å². The van der Waals surface area contributed by atoms with Gasteiger partial charge in [0, 0.05) is 16.8 Å². The molecule has 1 amide bonds. The molecule has 0 saturated heterocycles. The monoisotopic (exact) mass is 343 g/mol. The van der Waals surface area contributed by atoms with Crippen LogP contribution in [0.2, 0.25) is 5.02 Å². The SMILES string of the molecule is CCCCCOc1ccc(NC(=O)C=Cc2cccc(Cl)c2)cc1. The lowest BCUT2D eigenvalue weighted by molar-refractivity contribution is -0.111. The largest absolute Gasteiger partial charge is 0.494 e. The molecule has 2 aromatic carbocycles. The van der Waals surface area contributed by atoms with Crippen molar-refractivity contribution in [2.24, 2.45) is 0 Å². The number of anilines is 1. The lowest BCUT2D eigenvalue weighted by Gasteiger charge is -2.07. The summed E-state index contributed by atoms with van der Waals surface area (Å²) in [6, 6.07) is 14.7. The van der Waals surface area contributed by atoms with Crippen LogP contribution in [0.15, 0.2) is 54.6 Å². The molecule has 0 heterocycles. The van der Waals surface area contributed by atoms with Crippen molar-refractivity contribution in [1.82, 2.24) is 0 Å². The average molecular weight is 344 g/mol. The Morgan fingerprint density at radius 1 is 1.17 bits per heavy atom. The molecular weight excluding hydrogens is 322 g/mol. The minimum absolute atomic E-state index is 0.188.